The van der Waals surface area contributed by atoms with Gasteiger partial charge in [0.15, 0.2) is 0 Å². The van der Waals surface area contributed by atoms with Gasteiger partial charge in [0.1, 0.15) is 5.69 Å². The van der Waals surface area contributed by atoms with Gasteiger partial charge in [-0.05, 0) is 24.3 Å². The van der Waals surface area contributed by atoms with E-state index in [0.29, 0.717) is 11.3 Å². The van der Waals surface area contributed by atoms with Crippen LogP contribution in [0.15, 0.2) is 40.1 Å². The fourth-order valence-electron chi connectivity index (χ4n) is 2.11. The lowest BCUT2D eigenvalue weighted by molar-refractivity contribution is -0.114. The van der Waals surface area contributed by atoms with Gasteiger partial charge in [0.2, 0.25) is 5.91 Å². The van der Waals surface area contributed by atoms with Gasteiger partial charge in [-0.25, -0.2) is 9.59 Å². The summed E-state index contributed by atoms with van der Waals surface area (Å²) in [5.41, 5.74) is -0.0366. The molecule has 9 nitrogen and oxygen atoms in total. The second-order valence-corrected chi connectivity index (χ2v) is 5.27. The quantitative estimate of drug-likeness (QED) is 0.733. The van der Waals surface area contributed by atoms with Crippen molar-refractivity contribution in [1.82, 2.24) is 9.13 Å². The molecule has 0 atom stereocenters. The van der Waals surface area contributed by atoms with E-state index in [2.05, 4.69) is 15.4 Å². The molecule has 0 saturated heterocycles. The number of esters is 1. The Bertz CT molecular complexity index is 912. The molecule has 2 N–H and O–H groups in total. The van der Waals surface area contributed by atoms with Gasteiger partial charge in [-0.15, -0.1) is 0 Å². The average Bonchev–Trinajstić information content (AvgIpc) is 2.62. The minimum absolute atomic E-state index is 0.0115. The molecule has 0 aliphatic rings. The lowest BCUT2D eigenvalue weighted by Crippen LogP contribution is -2.39. The summed E-state index contributed by atoms with van der Waals surface area (Å²) in [6.07, 6.45) is 1.27. The number of anilines is 2. The Morgan fingerprint density at radius 2 is 1.76 bits per heavy atom. The number of aromatic nitrogens is 2. The number of benzene rings is 1. The van der Waals surface area contributed by atoms with Crippen LogP contribution in [-0.4, -0.2) is 34.7 Å². The lowest BCUT2D eigenvalue weighted by atomic mass is 10.2. The molecule has 0 saturated carbocycles. The van der Waals surface area contributed by atoms with Gasteiger partial charge in [-0.2, -0.15) is 0 Å². The Labute approximate surface area is 142 Å². The van der Waals surface area contributed by atoms with Crippen LogP contribution in [0.5, 0.6) is 0 Å². The zero-order valence-corrected chi connectivity index (χ0v) is 14.0. The van der Waals surface area contributed by atoms with Crippen molar-refractivity contribution in [3.8, 4) is 0 Å². The molecule has 1 heterocycles. The second kappa shape index (κ2) is 7.47. The molecule has 0 spiro atoms. The van der Waals surface area contributed by atoms with Crippen LogP contribution < -0.4 is 21.9 Å². The summed E-state index contributed by atoms with van der Waals surface area (Å²) in [6.45, 7) is -0.0937. The zero-order chi connectivity index (χ0) is 18.6. The van der Waals surface area contributed by atoms with Gasteiger partial charge >= 0.3 is 11.7 Å². The summed E-state index contributed by atoms with van der Waals surface area (Å²) in [5, 5.41) is 5.33. The Balaban J connectivity index is 2.01. The molecular formula is C16H18N4O5. The normalized spacial score (nSPS) is 10.2. The third kappa shape index (κ3) is 4.14. The lowest BCUT2D eigenvalue weighted by Gasteiger charge is -2.10. The number of hydrogen-bond acceptors (Lipinski definition) is 6. The number of carbonyl (C=O) groups excluding carboxylic acids is 2. The number of nitrogens with one attached hydrogen (secondary N) is 2. The van der Waals surface area contributed by atoms with Crippen molar-refractivity contribution in [2.45, 2.75) is 0 Å². The number of rotatable bonds is 5. The van der Waals surface area contributed by atoms with Gasteiger partial charge in [-0.3, -0.25) is 14.2 Å². The predicted molar refractivity (Wildman–Crippen MR) is 91.8 cm³/mol. The fourth-order valence-corrected chi connectivity index (χ4v) is 2.11. The van der Waals surface area contributed by atoms with Crippen molar-refractivity contribution in [3.05, 3.63) is 56.9 Å². The maximum Gasteiger partial charge on any atom is 0.337 e. The van der Waals surface area contributed by atoms with E-state index < -0.39 is 23.1 Å². The summed E-state index contributed by atoms with van der Waals surface area (Å²) in [5.74, 6) is -0.900. The first-order valence-corrected chi connectivity index (χ1v) is 7.32. The monoisotopic (exact) mass is 346 g/mol. The van der Waals surface area contributed by atoms with E-state index in [0.717, 1.165) is 4.57 Å². The van der Waals surface area contributed by atoms with Gasteiger partial charge in [-0.1, -0.05) is 0 Å². The van der Waals surface area contributed by atoms with Crippen LogP contribution in [0.2, 0.25) is 0 Å². The molecule has 1 amide bonds. The van der Waals surface area contributed by atoms with Crippen molar-refractivity contribution in [2.75, 3.05) is 24.3 Å². The highest BCUT2D eigenvalue weighted by molar-refractivity contribution is 5.93. The molecule has 0 unspecified atom stereocenters. The summed E-state index contributed by atoms with van der Waals surface area (Å²) in [4.78, 5) is 46.9. The molecular weight excluding hydrogens is 328 g/mol. The fraction of sp³-hybridized carbons (Fsp3) is 0.250. The Morgan fingerprint density at radius 1 is 1.12 bits per heavy atom. The smallest absolute Gasteiger partial charge is 0.337 e. The van der Waals surface area contributed by atoms with E-state index in [1.807, 2.05) is 0 Å². The highest BCUT2D eigenvalue weighted by atomic mass is 16.5. The van der Waals surface area contributed by atoms with Crippen LogP contribution >= 0.6 is 0 Å². The van der Waals surface area contributed by atoms with Crippen molar-refractivity contribution in [1.29, 1.82) is 0 Å². The summed E-state index contributed by atoms with van der Waals surface area (Å²) in [6, 6.07) is 6.39. The Morgan fingerprint density at radius 3 is 2.36 bits per heavy atom. The highest BCUT2D eigenvalue weighted by Gasteiger charge is 2.10. The Kier molecular flexibility index (Phi) is 5.38. The van der Waals surface area contributed by atoms with Crippen molar-refractivity contribution < 1.29 is 14.3 Å². The van der Waals surface area contributed by atoms with Crippen LogP contribution in [0.3, 0.4) is 0 Å². The predicted octanol–water partition coefficient (Wildman–Crippen LogP) is -0.0788. The molecule has 0 bridgehead atoms. The van der Waals surface area contributed by atoms with Crippen LogP contribution in [0.4, 0.5) is 11.4 Å². The molecule has 0 aliphatic heterocycles. The number of hydrogen-bond donors (Lipinski definition) is 2. The highest BCUT2D eigenvalue weighted by Crippen LogP contribution is 2.10. The van der Waals surface area contributed by atoms with Gasteiger partial charge in [0.05, 0.1) is 19.2 Å². The van der Waals surface area contributed by atoms with E-state index in [1.165, 1.54) is 32.0 Å². The molecule has 2 aromatic rings. The molecule has 0 radical (unpaired) electrons. The molecule has 25 heavy (non-hydrogen) atoms. The molecule has 1 aromatic carbocycles. The summed E-state index contributed by atoms with van der Waals surface area (Å²) in [7, 11) is 4.11. The Hall–Kier alpha value is -3.36. The average molecular weight is 346 g/mol. The topological polar surface area (TPSA) is 111 Å². The molecule has 0 aliphatic carbocycles. The molecule has 0 fully saturated rings. The molecule has 132 valence electrons. The van der Waals surface area contributed by atoms with Crippen LogP contribution in [0.1, 0.15) is 10.4 Å². The number of ether oxygens (including phenoxy) is 1. The van der Waals surface area contributed by atoms with E-state index in [4.69, 9.17) is 0 Å². The maximum absolute atomic E-state index is 12.0. The number of nitrogens with zero attached hydrogens (tertiary/aromatic N) is 2. The van der Waals surface area contributed by atoms with Gasteiger partial charge in [0, 0.05) is 26.0 Å². The molecule has 2 rings (SSSR count). The molecule has 9 heteroatoms. The first-order chi connectivity index (χ1) is 11.8. The number of aryl methyl sites for hydroxylation is 1. The third-order valence-corrected chi connectivity index (χ3v) is 3.48. The third-order valence-electron chi connectivity index (χ3n) is 3.48. The molecule has 1 aromatic heterocycles. The SMILES string of the molecule is COC(=O)c1ccc(NCC(=O)Nc2cn(C)c(=O)n(C)c2=O)cc1. The standard InChI is InChI=1S/C16H18N4O5/c1-19-9-12(14(22)20(2)16(19)24)18-13(21)8-17-11-6-4-10(5-7-11)15(23)25-3/h4-7,9,17H,8H2,1-3H3,(H,18,21). The first kappa shape index (κ1) is 18.0. The van der Waals surface area contributed by atoms with Crippen molar-refractivity contribution in [3.63, 3.8) is 0 Å². The van der Waals surface area contributed by atoms with E-state index in [9.17, 15) is 19.2 Å². The number of amides is 1. The zero-order valence-electron chi connectivity index (χ0n) is 14.0. The van der Waals surface area contributed by atoms with E-state index in [1.54, 1.807) is 24.3 Å². The van der Waals surface area contributed by atoms with Crippen LogP contribution in [0, 0.1) is 0 Å². The summed E-state index contributed by atoms with van der Waals surface area (Å²) >= 11 is 0. The van der Waals surface area contributed by atoms with Crippen molar-refractivity contribution >= 4 is 23.3 Å². The van der Waals surface area contributed by atoms with E-state index >= 15 is 0 Å². The first-order valence-electron chi connectivity index (χ1n) is 7.32. The minimum Gasteiger partial charge on any atom is -0.465 e. The van der Waals surface area contributed by atoms with Gasteiger partial charge < -0.3 is 19.9 Å². The van der Waals surface area contributed by atoms with Gasteiger partial charge in [0.25, 0.3) is 5.56 Å². The number of carbonyl (C=O) groups is 2. The largest absolute Gasteiger partial charge is 0.465 e. The maximum atomic E-state index is 12.0. The van der Waals surface area contributed by atoms with E-state index in [-0.39, 0.29) is 12.2 Å². The minimum atomic E-state index is -0.584. The summed E-state index contributed by atoms with van der Waals surface area (Å²) < 4.78 is 6.72. The van der Waals surface area contributed by atoms with Crippen LogP contribution in [0.25, 0.3) is 0 Å². The second-order valence-electron chi connectivity index (χ2n) is 5.27. The van der Waals surface area contributed by atoms with Crippen LogP contribution in [-0.2, 0) is 23.6 Å². The number of methoxy groups -OCH3 is 1. The van der Waals surface area contributed by atoms with Crippen molar-refractivity contribution in [2.24, 2.45) is 14.1 Å².